The Bertz CT molecular complexity index is 777. The van der Waals surface area contributed by atoms with Gasteiger partial charge < -0.3 is 0 Å². The lowest BCUT2D eigenvalue weighted by molar-refractivity contribution is -0.385. The summed E-state index contributed by atoms with van der Waals surface area (Å²) in [5, 5.41) is 11.0. The van der Waals surface area contributed by atoms with Gasteiger partial charge in [-0.15, -0.1) is 0 Å². The number of hydrogen-bond donors (Lipinski definition) is 0. The van der Waals surface area contributed by atoms with E-state index in [1.54, 1.807) is 0 Å². The summed E-state index contributed by atoms with van der Waals surface area (Å²) in [4.78, 5) is 46.9. The zero-order valence-corrected chi connectivity index (χ0v) is 13.4. The number of nitrogens with zero attached hydrogens (tertiary/aromatic N) is 1. The second-order valence-electron chi connectivity index (χ2n) is 5.73. The molecular weight excluding hydrogens is 367 g/mol. The molecule has 1 saturated carbocycles. The molecule has 10 heteroatoms. The largest absolute Gasteiger partial charge is 0.392 e. The van der Waals surface area contributed by atoms with Crippen LogP contribution >= 0.6 is 11.6 Å². The summed E-state index contributed by atoms with van der Waals surface area (Å²) in [5.41, 5.74) is -1.26. The third-order valence-electron chi connectivity index (χ3n) is 4.18. The highest BCUT2D eigenvalue weighted by Gasteiger charge is 2.54. The summed E-state index contributed by atoms with van der Waals surface area (Å²) in [6.45, 7) is 0.990. The van der Waals surface area contributed by atoms with Gasteiger partial charge in [0, 0.05) is 23.4 Å². The van der Waals surface area contributed by atoms with Crippen molar-refractivity contribution in [1.82, 2.24) is 0 Å². The molecule has 0 radical (unpaired) electrons. The van der Waals surface area contributed by atoms with Crippen molar-refractivity contribution in [3.63, 3.8) is 0 Å². The molecule has 1 aliphatic carbocycles. The number of carbonyl (C=O) groups is 3. The Morgan fingerprint density at radius 3 is 2.44 bits per heavy atom. The fraction of sp³-hybridized carbons (Fsp3) is 0.400. The standard InChI is InChI=1S/C15H11ClF3NO5/c1-6-9(15(17,18)19)5-11(21)12(13(6)22)14(23)8-3-2-7(16)4-10(8)20(24)25/h2-4,6,9,12H,5H2,1H3. The van der Waals surface area contributed by atoms with E-state index in [2.05, 4.69) is 0 Å². The fourth-order valence-corrected chi connectivity index (χ4v) is 2.99. The van der Waals surface area contributed by atoms with Gasteiger partial charge in [0.15, 0.2) is 17.3 Å². The lowest BCUT2D eigenvalue weighted by atomic mass is 9.70. The third kappa shape index (κ3) is 3.55. The first kappa shape index (κ1) is 19.0. The zero-order chi connectivity index (χ0) is 19.1. The van der Waals surface area contributed by atoms with Crippen LogP contribution in [0.25, 0.3) is 0 Å². The molecule has 0 aromatic heterocycles. The molecule has 0 amide bonds. The van der Waals surface area contributed by atoms with Crippen molar-refractivity contribution < 1.29 is 32.5 Å². The first-order valence-corrected chi connectivity index (χ1v) is 7.44. The molecule has 25 heavy (non-hydrogen) atoms. The minimum Gasteiger partial charge on any atom is -0.298 e. The Kier molecular flexibility index (Phi) is 4.99. The molecule has 0 bridgehead atoms. The van der Waals surface area contributed by atoms with Gasteiger partial charge in [0.25, 0.3) is 5.69 Å². The van der Waals surface area contributed by atoms with Gasteiger partial charge in [0.1, 0.15) is 5.92 Å². The van der Waals surface area contributed by atoms with Crippen LogP contribution in [0.1, 0.15) is 23.7 Å². The number of alkyl halides is 3. The molecule has 2 rings (SSSR count). The quantitative estimate of drug-likeness (QED) is 0.348. The molecule has 1 aliphatic rings. The summed E-state index contributed by atoms with van der Waals surface area (Å²) in [5.74, 6) is -9.32. The minimum atomic E-state index is -4.76. The maximum absolute atomic E-state index is 12.9. The molecule has 0 heterocycles. The van der Waals surface area contributed by atoms with Gasteiger partial charge in [-0.1, -0.05) is 18.5 Å². The minimum absolute atomic E-state index is 0.0462. The average Bonchev–Trinajstić information content (AvgIpc) is 2.49. The number of nitro groups is 1. The van der Waals surface area contributed by atoms with E-state index in [4.69, 9.17) is 11.6 Å². The van der Waals surface area contributed by atoms with Crippen LogP contribution in [0, 0.1) is 27.9 Å². The Labute approximate surface area is 144 Å². The third-order valence-corrected chi connectivity index (χ3v) is 4.42. The Morgan fingerprint density at radius 2 is 1.92 bits per heavy atom. The van der Waals surface area contributed by atoms with Gasteiger partial charge in [-0.25, -0.2) is 0 Å². The highest BCUT2D eigenvalue weighted by atomic mass is 35.5. The normalized spacial score (nSPS) is 24.3. The Hall–Kier alpha value is -2.29. The summed E-state index contributed by atoms with van der Waals surface area (Å²) in [6.07, 6.45) is -5.78. The number of nitro benzene ring substituents is 1. The lowest BCUT2D eigenvalue weighted by Crippen LogP contribution is -2.48. The van der Waals surface area contributed by atoms with Crippen molar-refractivity contribution in [2.24, 2.45) is 17.8 Å². The van der Waals surface area contributed by atoms with E-state index in [0.29, 0.717) is 0 Å². The number of halogens is 4. The molecular formula is C15H11ClF3NO5. The molecule has 0 saturated heterocycles. The fourth-order valence-electron chi connectivity index (χ4n) is 2.83. The topological polar surface area (TPSA) is 94.3 Å². The molecule has 3 unspecified atom stereocenters. The van der Waals surface area contributed by atoms with Gasteiger partial charge in [-0.3, -0.25) is 24.5 Å². The summed E-state index contributed by atoms with van der Waals surface area (Å²) in [7, 11) is 0. The van der Waals surface area contributed by atoms with Crippen LogP contribution in [-0.2, 0) is 9.59 Å². The summed E-state index contributed by atoms with van der Waals surface area (Å²) in [6, 6.07) is 3.00. The number of Topliss-reactive ketones (excluding diaryl/α,β-unsaturated/α-hetero) is 3. The second kappa shape index (κ2) is 6.55. The van der Waals surface area contributed by atoms with Crippen molar-refractivity contribution in [3.8, 4) is 0 Å². The summed E-state index contributed by atoms with van der Waals surface area (Å²) >= 11 is 5.63. The van der Waals surface area contributed by atoms with E-state index in [1.807, 2.05) is 0 Å². The maximum atomic E-state index is 12.9. The van der Waals surface area contributed by atoms with Crippen molar-refractivity contribution in [3.05, 3.63) is 38.9 Å². The van der Waals surface area contributed by atoms with Gasteiger partial charge in [-0.05, 0) is 12.1 Å². The van der Waals surface area contributed by atoms with Crippen molar-refractivity contribution in [2.75, 3.05) is 0 Å². The average molecular weight is 378 g/mol. The van der Waals surface area contributed by atoms with Crippen LogP contribution in [0.15, 0.2) is 18.2 Å². The van der Waals surface area contributed by atoms with E-state index < -0.39 is 63.9 Å². The Balaban J connectivity index is 2.43. The number of carbonyl (C=O) groups excluding carboxylic acids is 3. The SMILES string of the molecule is CC1C(=O)C(C(=O)c2ccc(Cl)cc2[N+](=O)[O-])C(=O)CC1C(F)(F)F. The van der Waals surface area contributed by atoms with Crippen molar-refractivity contribution >= 4 is 34.6 Å². The number of ketones is 3. The van der Waals surface area contributed by atoms with Gasteiger partial charge in [-0.2, -0.15) is 13.2 Å². The van der Waals surface area contributed by atoms with E-state index in [0.717, 1.165) is 25.1 Å². The van der Waals surface area contributed by atoms with E-state index in [9.17, 15) is 37.7 Å². The maximum Gasteiger partial charge on any atom is 0.392 e. The van der Waals surface area contributed by atoms with Crippen LogP contribution in [-0.4, -0.2) is 28.4 Å². The van der Waals surface area contributed by atoms with Crippen LogP contribution in [0.3, 0.4) is 0 Å². The molecule has 0 aliphatic heterocycles. The molecule has 134 valence electrons. The molecule has 0 spiro atoms. The van der Waals surface area contributed by atoms with Crippen molar-refractivity contribution in [1.29, 1.82) is 0 Å². The van der Waals surface area contributed by atoms with Gasteiger partial charge >= 0.3 is 6.18 Å². The van der Waals surface area contributed by atoms with Gasteiger partial charge in [0.2, 0.25) is 0 Å². The zero-order valence-electron chi connectivity index (χ0n) is 12.7. The van der Waals surface area contributed by atoms with Crippen LogP contribution < -0.4 is 0 Å². The van der Waals surface area contributed by atoms with E-state index in [1.165, 1.54) is 0 Å². The van der Waals surface area contributed by atoms with Crippen LogP contribution in [0.4, 0.5) is 18.9 Å². The Morgan fingerprint density at radius 1 is 1.32 bits per heavy atom. The summed E-state index contributed by atoms with van der Waals surface area (Å²) < 4.78 is 38.7. The van der Waals surface area contributed by atoms with Crippen molar-refractivity contribution in [2.45, 2.75) is 19.5 Å². The second-order valence-corrected chi connectivity index (χ2v) is 6.16. The lowest BCUT2D eigenvalue weighted by Gasteiger charge is -2.32. The van der Waals surface area contributed by atoms with E-state index in [-0.39, 0.29) is 5.02 Å². The van der Waals surface area contributed by atoms with Crippen LogP contribution in [0.5, 0.6) is 0 Å². The predicted octanol–water partition coefficient (Wildman–Crippen LogP) is 3.40. The van der Waals surface area contributed by atoms with E-state index >= 15 is 0 Å². The first-order valence-electron chi connectivity index (χ1n) is 7.06. The highest BCUT2D eigenvalue weighted by molar-refractivity contribution is 6.31. The molecule has 1 aromatic carbocycles. The van der Waals surface area contributed by atoms with Crippen LogP contribution in [0.2, 0.25) is 5.02 Å². The molecule has 1 aromatic rings. The number of hydrogen-bond acceptors (Lipinski definition) is 5. The molecule has 1 fully saturated rings. The number of benzene rings is 1. The predicted molar refractivity (Wildman–Crippen MR) is 79.3 cm³/mol. The monoisotopic (exact) mass is 377 g/mol. The molecule has 0 N–H and O–H groups in total. The van der Waals surface area contributed by atoms with Gasteiger partial charge in [0.05, 0.1) is 16.4 Å². The first-order chi connectivity index (χ1) is 11.4. The highest BCUT2D eigenvalue weighted by Crippen LogP contribution is 2.41. The molecule has 3 atom stereocenters. The smallest absolute Gasteiger partial charge is 0.298 e. The molecule has 6 nitrogen and oxygen atoms in total. The number of rotatable bonds is 3.